The minimum absolute atomic E-state index is 0.528. The van der Waals surface area contributed by atoms with E-state index < -0.39 is 0 Å². The van der Waals surface area contributed by atoms with Crippen LogP contribution < -0.4 is 10.6 Å². The molecular formula is C14H12N4O2. The summed E-state index contributed by atoms with van der Waals surface area (Å²) < 4.78 is 0. The van der Waals surface area contributed by atoms with Crippen LogP contribution in [-0.4, -0.2) is 12.8 Å². The highest BCUT2D eigenvalue weighted by Gasteiger charge is 2.01. The van der Waals surface area contributed by atoms with Crippen molar-refractivity contribution in [2.24, 2.45) is 10.2 Å². The fourth-order valence-corrected chi connectivity index (χ4v) is 1.60. The minimum atomic E-state index is 0.528. The molecule has 6 nitrogen and oxygen atoms in total. The Morgan fingerprint density at radius 1 is 0.700 bits per heavy atom. The van der Waals surface area contributed by atoms with Gasteiger partial charge in [0, 0.05) is 0 Å². The molecule has 0 saturated heterocycles. The molecule has 2 amide bonds. The van der Waals surface area contributed by atoms with Gasteiger partial charge in [-0.05, 0) is 24.3 Å². The fraction of sp³-hybridized carbons (Fsp3) is 0. The zero-order chi connectivity index (χ0) is 14.2. The number of carbonyl (C=O) groups excluding carboxylic acids is 2. The van der Waals surface area contributed by atoms with E-state index in [2.05, 4.69) is 20.9 Å². The number of benzene rings is 2. The lowest BCUT2D eigenvalue weighted by Crippen LogP contribution is -1.93. The molecule has 0 bridgehead atoms. The van der Waals surface area contributed by atoms with E-state index in [0.717, 1.165) is 0 Å². The molecule has 100 valence electrons. The van der Waals surface area contributed by atoms with Crippen molar-refractivity contribution >= 4 is 35.6 Å². The maximum Gasteiger partial charge on any atom is 0.211 e. The summed E-state index contributed by atoms with van der Waals surface area (Å²) in [5.41, 5.74) is 2.18. The second kappa shape index (κ2) is 6.79. The highest BCUT2D eigenvalue weighted by Crippen LogP contribution is 2.29. The van der Waals surface area contributed by atoms with E-state index in [1.54, 1.807) is 48.5 Å². The number of amides is 2. The summed E-state index contributed by atoms with van der Waals surface area (Å²) in [4.78, 5) is 21.0. The molecule has 0 fully saturated rings. The van der Waals surface area contributed by atoms with Crippen LogP contribution in [0.3, 0.4) is 0 Å². The Kier molecular flexibility index (Phi) is 4.55. The largest absolute Gasteiger partial charge is 0.327 e. The Balaban J connectivity index is 2.29. The zero-order valence-electron chi connectivity index (χ0n) is 10.5. The van der Waals surface area contributed by atoms with Crippen molar-refractivity contribution in [1.82, 2.24) is 0 Å². The van der Waals surface area contributed by atoms with Crippen LogP contribution >= 0.6 is 0 Å². The van der Waals surface area contributed by atoms with Gasteiger partial charge in [0.15, 0.2) is 0 Å². The second-order valence-electron chi connectivity index (χ2n) is 3.76. The van der Waals surface area contributed by atoms with Crippen LogP contribution in [0.2, 0.25) is 0 Å². The summed E-state index contributed by atoms with van der Waals surface area (Å²) in [7, 11) is 0. The quantitative estimate of drug-likeness (QED) is 0.622. The standard InChI is InChI=1S/C14H12N4O2/c19-9-15-11-5-1-3-7-13(11)17-18-14-8-4-2-6-12(14)16-10-20/h1-10H,(H,15,19)(H,16,20). The highest BCUT2D eigenvalue weighted by molar-refractivity contribution is 5.80. The molecule has 0 aromatic heterocycles. The molecule has 0 aliphatic rings. The number of hydrogen-bond acceptors (Lipinski definition) is 4. The van der Waals surface area contributed by atoms with Crippen LogP contribution in [0.15, 0.2) is 58.8 Å². The molecule has 2 rings (SSSR count). The van der Waals surface area contributed by atoms with E-state index in [1.165, 1.54) is 0 Å². The lowest BCUT2D eigenvalue weighted by molar-refractivity contribution is -0.106. The first-order valence-corrected chi connectivity index (χ1v) is 5.85. The van der Waals surface area contributed by atoms with E-state index >= 15 is 0 Å². The summed E-state index contributed by atoms with van der Waals surface area (Å²) in [6, 6.07) is 14.0. The van der Waals surface area contributed by atoms with E-state index in [0.29, 0.717) is 35.6 Å². The number of nitrogens with zero attached hydrogens (tertiary/aromatic N) is 2. The molecule has 0 saturated carbocycles. The van der Waals surface area contributed by atoms with Gasteiger partial charge in [0.05, 0.1) is 11.4 Å². The molecule has 0 spiro atoms. The van der Waals surface area contributed by atoms with Crippen LogP contribution in [0.4, 0.5) is 22.7 Å². The highest BCUT2D eigenvalue weighted by atomic mass is 16.1. The molecule has 2 aromatic rings. The van der Waals surface area contributed by atoms with Crippen LogP contribution in [0.1, 0.15) is 0 Å². The van der Waals surface area contributed by atoms with Gasteiger partial charge in [0.25, 0.3) is 0 Å². The minimum Gasteiger partial charge on any atom is -0.327 e. The van der Waals surface area contributed by atoms with Gasteiger partial charge in [0.2, 0.25) is 12.8 Å². The number of rotatable bonds is 6. The van der Waals surface area contributed by atoms with Gasteiger partial charge in [-0.25, -0.2) is 0 Å². The lowest BCUT2D eigenvalue weighted by Gasteiger charge is -2.03. The van der Waals surface area contributed by atoms with E-state index in [1.807, 2.05) is 0 Å². The molecule has 0 atom stereocenters. The predicted molar refractivity (Wildman–Crippen MR) is 76.4 cm³/mol. The topological polar surface area (TPSA) is 82.9 Å². The van der Waals surface area contributed by atoms with Crippen LogP contribution in [-0.2, 0) is 9.59 Å². The van der Waals surface area contributed by atoms with Crippen molar-refractivity contribution in [1.29, 1.82) is 0 Å². The molecule has 0 aliphatic heterocycles. The monoisotopic (exact) mass is 268 g/mol. The first-order chi connectivity index (χ1) is 9.85. The van der Waals surface area contributed by atoms with Gasteiger partial charge < -0.3 is 10.6 Å². The maximum atomic E-state index is 10.5. The summed E-state index contributed by atoms with van der Waals surface area (Å²) in [5.74, 6) is 0. The van der Waals surface area contributed by atoms with Crippen LogP contribution in [0, 0.1) is 0 Å². The Bertz CT molecular complexity index is 585. The molecule has 6 heteroatoms. The lowest BCUT2D eigenvalue weighted by atomic mass is 10.2. The zero-order valence-corrected chi connectivity index (χ0v) is 10.5. The van der Waals surface area contributed by atoms with E-state index in [4.69, 9.17) is 0 Å². The number of para-hydroxylation sites is 2. The smallest absolute Gasteiger partial charge is 0.211 e. The average Bonchev–Trinajstić information content (AvgIpc) is 2.48. The van der Waals surface area contributed by atoms with E-state index in [9.17, 15) is 9.59 Å². The Morgan fingerprint density at radius 2 is 1.10 bits per heavy atom. The molecule has 2 aromatic carbocycles. The summed E-state index contributed by atoms with van der Waals surface area (Å²) in [5, 5.41) is 13.3. The van der Waals surface area contributed by atoms with Gasteiger partial charge in [-0.3, -0.25) is 9.59 Å². The second-order valence-corrected chi connectivity index (χ2v) is 3.76. The van der Waals surface area contributed by atoms with E-state index in [-0.39, 0.29) is 0 Å². The van der Waals surface area contributed by atoms with Crippen molar-refractivity contribution in [3.63, 3.8) is 0 Å². The van der Waals surface area contributed by atoms with Gasteiger partial charge in [0.1, 0.15) is 11.4 Å². The van der Waals surface area contributed by atoms with Crippen molar-refractivity contribution in [3.8, 4) is 0 Å². The molecule has 0 heterocycles. The molecule has 0 aliphatic carbocycles. The summed E-state index contributed by atoms with van der Waals surface area (Å²) in [6.07, 6.45) is 1.16. The van der Waals surface area contributed by atoms with Crippen LogP contribution in [0.5, 0.6) is 0 Å². The average molecular weight is 268 g/mol. The fourth-order valence-electron chi connectivity index (χ4n) is 1.60. The molecule has 0 unspecified atom stereocenters. The normalized spacial score (nSPS) is 10.2. The van der Waals surface area contributed by atoms with Crippen molar-refractivity contribution in [3.05, 3.63) is 48.5 Å². The van der Waals surface area contributed by atoms with Gasteiger partial charge in [-0.15, -0.1) is 10.2 Å². The summed E-state index contributed by atoms with van der Waals surface area (Å²) >= 11 is 0. The van der Waals surface area contributed by atoms with Crippen molar-refractivity contribution < 1.29 is 9.59 Å². The Labute approximate surface area is 115 Å². The van der Waals surface area contributed by atoms with Crippen LogP contribution in [0.25, 0.3) is 0 Å². The Morgan fingerprint density at radius 3 is 1.50 bits per heavy atom. The van der Waals surface area contributed by atoms with Crippen molar-refractivity contribution in [2.45, 2.75) is 0 Å². The van der Waals surface area contributed by atoms with Crippen molar-refractivity contribution in [2.75, 3.05) is 10.6 Å². The molecular weight excluding hydrogens is 256 g/mol. The first-order valence-electron chi connectivity index (χ1n) is 5.85. The van der Waals surface area contributed by atoms with Gasteiger partial charge in [-0.1, -0.05) is 24.3 Å². The maximum absolute atomic E-state index is 10.5. The first kappa shape index (κ1) is 13.4. The number of hydrogen-bond donors (Lipinski definition) is 2. The number of carbonyl (C=O) groups is 2. The van der Waals surface area contributed by atoms with Gasteiger partial charge in [-0.2, -0.15) is 0 Å². The third-order valence-electron chi connectivity index (χ3n) is 2.50. The number of nitrogens with one attached hydrogen (secondary N) is 2. The SMILES string of the molecule is O=CNc1ccccc1N=Nc1ccccc1NC=O. The Hall–Kier alpha value is -3.02. The molecule has 2 N–H and O–H groups in total. The molecule has 20 heavy (non-hydrogen) atoms. The summed E-state index contributed by atoms with van der Waals surface area (Å²) in [6.45, 7) is 0. The number of anilines is 2. The predicted octanol–water partition coefficient (Wildman–Crippen LogP) is 3.24. The molecule has 0 radical (unpaired) electrons. The number of azo groups is 1. The third kappa shape index (κ3) is 3.26. The third-order valence-corrected chi connectivity index (χ3v) is 2.50. The van der Waals surface area contributed by atoms with Gasteiger partial charge >= 0.3 is 0 Å².